The smallest absolute Gasteiger partial charge is 0.0444 e. The van der Waals surface area contributed by atoms with Crippen LogP contribution in [0.5, 0.6) is 0 Å². The Labute approximate surface area is 62.1 Å². The van der Waals surface area contributed by atoms with Gasteiger partial charge in [0.15, 0.2) is 0 Å². The van der Waals surface area contributed by atoms with E-state index >= 15 is 0 Å². The predicted molar refractivity (Wildman–Crippen MR) is 42.7 cm³/mol. The van der Waals surface area contributed by atoms with Crippen molar-refractivity contribution in [2.24, 2.45) is 0 Å². The Morgan fingerprint density at radius 3 is 2.90 bits per heavy atom. The maximum atomic E-state index is 4.31. The molecule has 1 aromatic heterocycles. The summed E-state index contributed by atoms with van der Waals surface area (Å²) in [5, 5.41) is 0. The first-order chi connectivity index (χ1) is 4.83. The van der Waals surface area contributed by atoms with Gasteiger partial charge in [-0.05, 0) is 25.5 Å². The second kappa shape index (κ2) is 3.35. The van der Waals surface area contributed by atoms with Gasteiger partial charge < -0.3 is 0 Å². The van der Waals surface area contributed by atoms with Crippen molar-refractivity contribution in [2.75, 3.05) is 0 Å². The molecule has 1 heteroatoms. The third-order valence-corrected chi connectivity index (χ3v) is 1.32. The van der Waals surface area contributed by atoms with E-state index in [9.17, 15) is 0 Å². The number of pyridine rings is 1. The highest BCUT2D eigenvalue weighted by Gasteiger charge is 1.90. The fourth-order valence-electron chi connectivity index (χ4n) is 0.887. The van der Waals surface area contributed by atoms with Crippen LogP contribution in [-0.2, 0) is 0 Å². The van der Waals surface area contributed by atoms with Crippen molar-refractivity contribution >= 4 is 0 Å². The summed E-state index contributed by atoms with van der Waals surface area (Å²) in [6, 6.07) is 6.06. The SMILES string of the molecule is CC[CH]c1cccc(C)n1. The van der Waals surface area contributed by atoms with Crippen molar-refractivity contribution in [3.05, 3.63) is 36.0 Å². The summed E-state index contributed by atoms with van der Waals surface area (Å²) >= 11 is 0. The van der Waals surface area contributed by atoms with Crippen LogP contribution < -0.4 is 0 Å². The summed E-state index contributed by atoms with van der Waals surface area (Å²) in [6.07, 6.45) is 3.17. The maximum absolute atomic E-state index is 4.31. The minimum absolute atomic E-state index is 1.05. The summed E-state index contributed by atoms with van der Waals surface area (Å²) in [7, 11) is 0. The van der Waals surface area contributed by atoms with Gasteiger partial charge in [-0.15, -0.1) is 0 Å². The van der Waals surface area contributed by atoms with Crippen molar-refractivity contribution in [3.8, 4) is 0 Å². The molecule has 0 aliphatic heterocycles. The standard InChI is InChI=1S/C9H12N/c1-3-5-9-7-4-6-8(2)10-9/h4-7H,3H2,1-2H3. The first-order valence-corrected chi connectivity index (χ1v) is 3.60. The van der Waals surface area contributed by atoms with Crippen LogP contribution in [0.4, 0.5) is 0 Å². The molecule has 0 amide bonds. The molecule has 0 bridgehead atoms. The molecule has 0 N–H and O–H groups in total. The van der Waals surface area contributed by atoms with Crippen LogP contribution in [-0.4, -0.2) is 4.98 Å². The molecule has 1 nitrogen and oxygen atoms in total. The van der Waals surface area contributed by atoms with E-state index in [1.165, 1.54) is 0 Å². The zero-order chi connectivity index (χ0) is 7.40. The zero-order valence-corrected chi connectivity index (χ0v) is 6.46. The van der Waals surface area contributed by atoms with Gasteiger partial charge in [0.25, 0.3) is 0 Å². The molecule has 0 spiro atoms. The quantitative estimate of drug-likeness (QED) is 0.605. The Morgan fingerprint density at radius 2 is 2.30 bits per heavy atom. The number of rotatable bonds is 2. The average Bonchev–Trinajstić information content (AvgIpc) is 1.88. The van der Waals surface area contributed by atoms with Gasteiger partial charge in [0.1, 0.15) is 0 Å². The highest BCUT2D eigenvalue weighted by molar-refractivity contribution is 5.16. The van der Waals surface area contributed by atoms with Crippen molar-refractivity contribution in [3.63, 3.8) is 0 Å². The Kier molecular flexibility index (Phi) is 2.43. The first-order valence-electron chi connectivity index (χ1n) is 3.60. The molecule has 0 saturated carbocycles. The number of aryl methyl sites for hydroxylation is 1. The summed E-state index contributed by atoms with van der Waals surface area (Å²) in [4.78, 5) is 4.31. The van der Waals surface area contributed by atoms with Crippen LogP contribution in [0.3, 0.4) is 0 Å². The molecular weight excluding hydrogens is 122 g/mol. The number of hydrogen-bond donors (Lipinski definition) is 0. The molecular formula is C9H12N. The highest BCUT2D eigenvalue weighted by Crippen LogP contribution is 2.02. The zero-order valence-electron chi connectivity index (χ0n) is 6.46. The molecule has 1 aromatic rings. The van der Waals surface area contributed by atoms with Gasteiger partial charge in [0.2, 0.25) is 0 Å². The van der Waals surface area contributed by atoms with Gasteiger partial charge in [0.05, 0.1) is 0 Å². The average molecular weight is 134 g/mol. The second-order valence-corrected chi connectivity index (χ2v) is 2.32. The van der Waals surface area contributed by atoms with E-state index in [0.29, 0.717) is 0 Å². The second-order valence-electron chi connectivity index (χ2n) is 2.32. The fraction of sp³-hybridized carbons (Fsp3) is 0.333. The Bertz CT molecular complexity index is 206. The lowest BCUT2D eigenvalue weighted by molar-refractivity contribution is 1.04. The van der Waals surface area contributed by atoms with Crippen molar-refractivity contribution in [1.29, 1.82) is 0 Å². The summed E-state index contributed by atoms with van der Waals surface area (Å²) < 4.78 is 0. The van der Waals surface area contributed by atoms with E-state index in [2.05, 4.69) is 18.3 Å². The monoisotopic (exact) mass is 134 g/mol. The summed E-state index contributed by atoms with van der Waals surface area (Å²) in [6.45, 7) is 4.12. The van der Waals surface area contributed by atoms with Crippen molar-refractivity contribution < 1.29 is 0 Å². The molecule has 1 rings (SSSR count). The van der Waals surface area contributed by atoms with Gasteiger partial charge >= 0.3 is 0 Å². The molecule has 0 aliphatic rings. The lowest BCUT2D eigenvalue weighted by Crippen LogP contribution is -1.87. The van der Waals surface area contributed by atoms with Crippen LogP contribution in [0.25, 0.3) is 0 Å². The lowest BCUT2D eigenvalue weighted by atomic mass is 10.2. The summed E-state index contributed by atoms with van der Waals surface area (Å²) in [5.74, 6) is 0. The third kappa shape index (κ3) is 1.83. The van der Waals surface area contributed by atoms with E-state index in [0.717, 1.165) is 17.8 Å². The van der Waals surface area contributed by atoms with Crippen molar-refractivity contribution in [1.82, 2.24) is 4.98 Å². The molecule has 0 aromatic carbocycles. The summed E-state index contributed by atoms with van der Waals surface area (Å²) in [5.41, 5.74) is 2.17. The molecule has 10 heavy (non-hydrogen) atoms. The van der Waals surface area contributed by atoms with Gasteiger partial charge in [-0.3, -0.25) is 4.98 Å². The maximum Gasteiger partial charge on any atom is 0.0444 e. The fourth-order valence-corrected chi connectivity index (χ4v) is 0.887. The largest absolute Gasteiger partial charge is 0.258 e. The van der Waals surface area contributed by atoms with E-state index in [4.69, 9.17) is 0 Å². The number of nitrogens with zero attached hydrogens (tertiary/aromatic N) is 1. The molecule has 0 atom stereocenters. The lowest BCUT2D eigenvalue weighted by Gasteiger charge is -1.96. The topological polar surface area (TPSA) is 12.9 Å². The molecule has 0 unspecified atom stereocenters. The van der Waals surface area contributed by atoms with Crippen LogP contribution in [0, 0.1) is 13.3 Å². The van der Waals surface area contributed by atoms with Crippen LogP contribution in [0.2, 0.25) is 0 Å². The predicted octanol–water partition coefficient (Wildman–Crippen LogP) is 2.35. The van der Waals surface area contributed by atoms with E-state index in [1.54, 1.807) is 0 Å². The Morgan fingerprint density at radius 1 is 1.50 bits per heavy atom. The number of aromatic nitrogens is 1. The van der Waals surface area contributed by atoms with Gasteiger partial charge in [-0.25, -0.2) is 0 Å². The van der Waals surface area contributed by atoms with Gasteiger partial charge in [-0.1, -0.05) is 13.0 Å². The highest BCUT2D eigenvalue weighted by atomic mass is 14.7. The van der Waals surface area contributed by atoms with E-state index in [-0.39, 0.29) is 0 Å². The molecule has 1 heterocycles. The van der Waals surface area contributed by atoms with Gasteiger partial charge in [-0.2, -0.15) is 0 Å². The van der Waals surface area contributed by atoms with Gasteiger partial charge in [0, 0.05) is 17.8 Å². The molecule has 0 fully saturated rings. The van der Waals surface area contributed by atoms with Crippen LogP contribution in [0.1, 0.15) is 24.7 Å². The minimum atomic E-state index is 1.05. The van der Waals surface area contributed by atoms with Crippen LogP contribution >= 0.6 is 0 Å². The van der Waals surface area contributed by atoms with Crippen molar-refractivity contribution in [2.45, 2.75) is 20.3 Å². The van der Waals surface area contributed by atoms with E-state index < -0.39 is 0 Å². The minimum Gasteiger partial charge on any atom is -0.258 e. The van der Waals surface area contributed by atoms with E-state index in [1.807, 2.05) is 25.1 Å². The first kappa shape index (κ1) is 7.26. The Hall–Kier alpha value is -0.850. The molecule has 0 saturated heterocycles. The van der Waals surface area contributed by atoms with Crippen LogP contribution in [0.15, 0.2) is 18.2 Å². The Balaban J connectivity index is 2.75. The molecule has 1 radical (unpaired) electrons. The molecule has 53 valence electrons. The molecule has 0 aliphatic carbocycles. The third-order valence-electron chi connectivity index (χ3n) is 1.32. The number of hydrogen-bond acceptors (Lipinski definition) is 1. The normalized spacial score (nSPS) is 9.80.